The molecule has 21 heteroatoms. The standard InChI is InChI=1S/C26H22ClFN6O3.C26H23FN6O3/c1-13-16(14(2)35)4-5-18-17(13)6-8-21(18)31-25(37)23-10-22(32-26-33-30-12-34(23)26)24(36)29-11-15-3-7-20(28)19(27)9-15;1-14-18(15(2)34)7-8-20-19(14)9-10-21(20)30-25(36)23-11-22(31-26-32-29-13-33(23)26)24(35)28-12-16-3-5-17(27)6-4-16/h3-5,7,9-10,12,21H,6,8,11H2,1-2H3,(H,29,36)(H,31,37);3-8,11,13,21H,9-10,12H2,1-2H3,(H,28,35)(H,30,36)/t2*21-/m00/s1. The van der Waals surface area contributed by atoms with Gasteiger partial charge in [0.05, 0.1) is 17.1 Å². The Balaban J connectivity index is 0.000000180. The van der Waals surface area contributed by atoms with E-state index in [4.69, 9.17) is 11.6 Å². The van der Waals surface area contributed by atoms with Crippen LogP contribution in [-0.2, 0) is 25.9 Å². The number of fused-ring (bicyclic) bond motifs is 4. The molecule has 4 amide bonds. The van der Waals surface area contributed by atoms with Gasteiger partial charge < -0.3 is 21.3 Å². The molecule has 4 aromatic carbocycles. The molecular weight excluding hydrogens is 962 g/mol. The maximum atomic E-state index is 13.4. The summed E-state index contributed by atoms with van der Waals surface area (Å²) in [6, 6.07) is 19.6. The van der Waals surface area contributed by atoms with E-state index in [1.165, 1.54) is 63.9 Å². The van der Waals surface area contributed by atoms with Crippen LogP contribution >= 0.6 is 11.6 Å². The molecule has 2 atom stereocenters. The van der Waals surface area contributed by atoms with E-state index < -0.39 is 29.4 Å². The molecule has 2 aliphatic carbocycles. The number of carbonyl (C=O) groups is 6. The smallest absolute Gasteiger partial charge is 0.270 e. The SMILES string of the molecule is CC(=O)c1ccc2c(c1C)CC[C@@H]2NC(=O)c1cc(C(=O)NCc2ccc(F)c(Cl)c2)nc2nncn12.CC(=O)c1ccc2c(c1C)CC[C@@H]2NC(=O)c1cc(C(=O)NCc2ccc(F)cc2)nc2nncn12. The lowest BCUT2D eigenvalue weighted by atomic mass is 9.96. The average Bonchev–Trinajstić information content (AvgIpc) is 4.21. The molecule has 10 rings (SSSR count). The fourth-order valence-corrected chi connectivity index (χ4v) is 9.50. The number of nitrogens with zero attached hydrogens (tertiary/aromatic N) is 8. The Labute approximate surface area is 420 Å². The molecule has 18 nitrogen and oxygen atoms in total. The number of halogens is 3. The summed E-state index contributed by atoms with van der Waals surface area (Å²) in [5, 5.41) is 26.9. The highest BCUT2D eigenvalue weighted by Gasteiger charge is 2.30. The van der Waals surface area contributed by atoms with Gasteiger partial charge in [0.15, 0.2) is 11.6 Å². The van der Waals surface area contributed by atoms with Crippen LogP contribution in [0.25, 0.3) is 11.6 Å². The number of hydrogen-bond acceptors (Lipinski definition) is 12. The predicted octanol–water partition coefficient (Wildman–Crippen LogP) is 6.90. The van der Waals surface area contributed by atoms with E-state index in [0.717, 1.165) is 51.8 Å². The Kier molecular flexibility index (Phi) is 13.9. The van der Waals surface area contributed by atoms with E-state index in [9.17, 15) is 37.5 Å². The minimum Gasteiger partial charge on any atom is -0.347 e. The summed E-state index contributed by atoms with van der Waals surface area (Å²) in [4.78, 5) is 84.6. The first kappa shape index (κ1) is 49.3. The van der Waals surface area contributed by atoms with Gasteiger partial charge >= 0.3 is 0 Å². The van der Waals surface area contributed by atoms with Crippen molar-refractivity contribution in [3.8, 4) is 0 Å². The van der Waals surface area contributed by atoms with Gasteiger partial charge in [0.25, 0.3) is 35.2 Å². The van der Waals surface area contributed by atoms with Crippen LogP contribution in [0.4, 0.5) is 8.78 Å². The van der Waals surface area contributed by atoms with Gasteiger partial charge in [0.2, 0.25) is 0 Å². The number of aromatic nitrogens is 8. The summed E-state index contributed by atoms with van der Waals surface area (Å²) in [5.74, 6) is -2.55. The van der Waals surface area contributed by atoms with Crippen molar-refractivity contribution < 1.29 is 37.5 Å². The zero-order chi connectivity index (χ0) is 51.7. The minimum atomic E-state index is -0.550. The lowest BCUT2D eigenvalue weighted by Crippen LogP contribution is -2.30. The molecule has 2 aliphatic rings. The minimum absolute atomic E-state index is 0.00732. The van der Waals surface area contributed by atoms with Crippen LogP contribution in [0.5, 0.6) is 0 Å². The summed E-state index contributed by atoms with van der Waals surface area (Å²) in [6.07, 6.45) is 5.60. The van der Waals surface area contributed by atoms with Crippen molar-refractivity contribution >= 4 is 58.4 Å². The van der Waals surface area contributed by atoms with Crippen molar-refractivity contribution in [1.29, 1.82) is 0 Å². The lowest BCUT2D eigenvalue weighted by molar-refractivity contribution is 0.0918. The third-order valence-electron chi connectivity index (χ3n) is 13.1. The highest BCUT2D eigenvalue weighted by molar-refractivity contribution is 6.30. The van der Waals surface area contributed by atoms with Gasteiger partial charge in [-0.25, -0.2) is 18.7 Å². The summed E-state index contributed by atoms with van der Waals surface area (Å²) in [5.41, 5.74) is 9.00. The second-order valence-electron chi connectivity index (χ2n) is 17.6. The van der Waals surface area contributed by atoms with E-state index in [1.807, 2.05) is 26.0 Å². The highest BCUT2D eigenvalue weighted by Crippen LogP contribution is 2.36. The Hall–Kier alpha value is -8.65. The number of hydrogen-bond donors (Lipinski definition) is 4. The van der Waals surface area contributed by atoms with Crippen molar-refractivity contribution in [1.82, 2.24) is 60.4 Å². The third-order valence-corrected chi connectivity index (χ3v) is 13.3. The molecule has 0 unspecified atom stereocenters. The number of ketones is 2. The summed E-state index contributed by atoms with van der Waals surface area (Å²) >= 11 is 5.81. The number of rotatable bonds is 12. The molecule has 0 fully saturated rings. The van der Waals surface area contributed by atoms with Crippen LogP contribution in [0.3, 0.4) is 0 Å². The maximum Gasteiger partial charge on any atom is 0.270 e. The van der Waals surface area contributed by atoms with E-state index in [0.29, 0.717) is 29.5 Å². The molecule has 0 bridgehead atoms. The first-order chi connectivity index (χ1) is 35.0. The van der Waals surface area contributed by atoms with Crippen LogP contribution in [0.2, 0.25) is 5.02 Å². The summed E-state index contributed by atoms with van der Waals surface area (Å²) in [6.45, 7) is 7.19. The number of nitrogens with one attached hydrogen (secondary N) is 4. The molecule has 370 valence electrons. The molecule has 0 radical (unpaired) electrons. The first-order valence-corrected chi connectivity index (χ1v) is 23.5. The van der Waals surface area contributed by atoms with E-state index in [-0.39, 0.29) is 81.9 Å². The second-order valence-corrected chi connectivity index (χ2v) is 18.1. The molecule has 0 aliphatic heterocycles. The van der Waals surface area contributed by atoms with Gasteiger partial charge in [-0.1, -0.05) is 54.1 Å². The van der Waals surface area contributed by atoms with Crippen LogP contribution in [0.1, 0.15) is 146 Å². The van der Waals surface area contributed by atoms with Gasteiger partial charge in [-0.2, -0.15) is 0 Å². The van der Waals surface area contributed by atoms with Gasteiger partial charge in [-0.3, -0.25) is 37.6 Å². The second kappa shape index (κ2) is 20.6. The Morgan fingerprint density at radius 1 is 0.603 bits per heavy atom. The quantitative estimate of drug-likeness (QED) is 0.0916. The fraction of sp³-hybridized carbons (Fsp3) is 0.231. The first-order valence-electron chi connectivity index (χ1n) is 23.1. The molecule has 0 saturated carbocycles. The average molecular weight is 1010 g/mol. The van der Waals surface area contributed by atoms with E-state index in [1.54, 1.807) is 38.1 Å². The Morgan fingerprint density at radius 3 is 1.51 bits per heavy atom. The molecule has 4 N–H and O–H groups in total. The molecule has 73 heavy (non-hydrogen) atoms. The van der Waals surface area contributed by atoms with Gasteiger partial charge in [0.1, 0.15) is 47.1 Å². The Morgan fingerprint density at radius 2 is 1.05 bits per heavy atom. The zero-order valence-corrected chi connectivity index (χ0v) is 40.5. The molecule has 4 aromatic heterocycles. The van der Waals surface area contributed by atoms with Gasteiger partial charge in [-0.15, -0.1) is 20.4 Å². The normalized spacial score (nSPS) is 14.5. The van der Waals surface area contributed by atoms with Gasteiger partial charge in [0, 0.05) is 24.2 Å². The number of benzene rings is 4. The maximum absolute atomic E-state index is 13.4. The topological polar surface area (TPSA) is 237 Å². The van der Waals surface area contributed by atoms with Crippen LogP contribution in [0.15, 0.2) is 91.5 Å². The fourth-order valence-electron chi connectivity index (χ4n) is 9.30. The summed E-state index contributed by atoms with van der Waals surface area (Å²) in [7, 11) is 0. The predicted molar refractivity (Wildman–Crippen MR) is 261 cm³/mol. The zero-order valence-electron chi connectivity index (χ0n) is 39.7. The Bertz CT molecular complexity index is 3560. The van der Waals surface area contributed by atoms with Crippen LogP contribution in [0, 0.1) is 25.5 Å². The molecular formula is C52H45ClF2N12O6. The molecule has 0 saturated heterocycles. The van der Waals surface area contributed by atoms with Crippen LogP contribution in [-0.4, -0.2) is 74.4 Å². The van der Waals surface area contributed by atoms with Crippen molar-refractivity contribution in [2.45, 2.75) is 78.6 Å². The third kappa shape index (κ3) is 10.3. The number of carbonyl (C=O) groups excluding carboxylic acids is 6. The lowest BCUT2D eigenvalue weighted by Gasteiger charge is -2.16. The number of amides is 4. The van der Waals surface area contributed by atoms with Crippen molar-refractivity contribution in [2.75, 3.05) is 0 Å². The van der Waals surface area contributed by atoms with Crippen molar-refractivity contribution in [2.24, 2.45) is 0 Å². The number of Topliss-reactive ketones (excluding diaryl/α,β-unsaturated/α-hetero) is 2. The van der Waals surface area contributed by atoms with Gasteiger partial charge in [-0.05, 0) is 134 Å². The van der Waals surface area contributed by atoms with Crippen molar-refractivity contribution in [3.05, 3.63) is 187 Å². The highest BCUT2D eigenvalue weighted by atomic mass is 35.5. The monoisotopic (exact) mass is 1010 g/mol. The van der Waals surface area contributed by atoms with E-state index in [2.05, 4.69) is 51.6 Å². The molecule has 4 heterocycles. The van der Waals surface area contributed by atoms with E-state index >= 15 is 0 Å². The molecule has 0 spiro atoms. The van der Waals surface area contributed by atoms with Crippen LogP contribution < -0.4 is 21.3 Å². The van der Waals surface area contributed by atoms with Crippen molar-refractivity contribution in [3.63, 3.8) is 0 Å². The largest absolute Gasteiger partial charge is 0.347 e. The molecule has 8 aromatic rings. The summed E-state index contributed by atoms with van der Waals surface area (Å²) < 4.78 is 29.4.